The van der Waals surface area contributed by atoms with Gasteiger partial charge in [0.05, 0.1) is 15.5 Å². The van der Waals surface area contributed by atoms with Gasteiger partial charge < -0.3 is 5.32 Å². The lowest BCUT2D eigenvalue weighted by atomic mass is 10.1. The summed E-state index contributed by atoms with van der Waals surface area (Å²) >= 11 is 6.04. The quantitative estimate of drug-likeness (QED) is 0.671. The average Bonchev–Trinajstić information content (AvgIpc) is 2.73. The molecule has 0 saturated heterocycles. The lowest BCUT2D eigenvalue weighted by molar-refractivity contribution is -0.385. The maximum Gasteiger partial charge on any atom is 0.275 e. The monoisotopic (exact) mass is 268 g/mol. The van der Waals surface area contributed by atoms with Crippen LogP contribution in [0.2, 0.25) is 5.02 Å². The fraction of sp³-hybridized carbons (Fsp3) is 0.538. The Labute approximate surface area is 111 Å². The van der Waals surface area contributed by atoms with Gasteiger partial charge in [-0.1, -0.05) is 24.6 Å². The summed E-state index contributed by atoms with van der Waals surface area (Å²) < 4.78 is 0. The van der Waals surface area contributed by atoms with Crippen LogP contribution in [-0.4, -0.2) is 11.0 Å². The summed E-state index contributed by atoms with van der Waals surface area (Å²) in [5, 5.41) is 14.8. The van der Waals surface area contributed by atoms with Crippen molar-refractivity contribution in [2.24, 2.45) is 5.92 Å². The van der Waals surface area contributed by atoms with Crippen LogP contribution in [0.25, 0.3) is 0 Å². The zero-order valence-corrected chi connectivity index (χ0v) is 11.1. The fourth-order valence-electron chi connectivity index (χ4n) is 2.53. The number of nitro benzene ring substituents is 1. The number of hydrogen-bond donors (Lipinski definition) is 1. The Kier molecular flexibility index (Phi) is 4.19. The van der Waals surface area contributed by atoms with Crippen molar-refractivity contribution in [1.82, 2.24) is 5.32 Å². The van der Waals surface area contributed by atoms with Gasteiger partial charge in [-0.2, -0.15) is 0 Å². The van der Waals surface area contributed by atoms with Crippen LogP contribution in [0.4, 0.5) is 5.69 Å². The van der Waals surface area contributed by atoms with Gasteiger partial charge in [0.1, 0.15) is 0 Å². The molecule has 5 heteroatoms. The molecule has 2 rings (SSSR count). The highest BCUT2D eigenvalue weighted by Crippen LogP contribution is 2.28. The largest absolute Gasteiger partial charge is 0.310 e. The molecule has 2 unspecified atom stereocenters. The third kappa shape index (κ3) is 3.00. The third-order valence-electron chi connectivity index (χ3n) is 3.55. The van der Waals surface area contributed by atoms with E-state index in [2.05, 4.69) is 12.2 Å². The number of halogens is 1. The molecule has 1 aromatic carbocycles. The molecule has 1 aliphatic carbocycles. The van der Waals surface area contributed by atoms with Gasteiger partial charge in [-0.15, -0.1) is 0 Å². The minimum Gasteiger partial charge on any atom is -0.310 e. The van der Waals surface area contributed by atoms with Crippen LogP contribution in [0.1, 0.15) is 31.7 Å². The number of benzene rings is 1. The van der Waals surface area contributed by atoms with Crippen LogP contribution >= 0.6 is 11.6 Å². The summed E-state index contributed by atoms with van der Waals surface area (Å²) in [4.78, 5) is 10.6. The van der Waals surface area contributed by atoms with E-state index < -0.39 is 0 Å². The van der Waals surface area contributed by atoms with E-state index in [-0.39, 0.29) is 10.6 Å². The van der Waals surface area contributed by atoms with Crippen LogP contribution in [-0.2, 0) is 6.54 Å². The first-order chi connectivity index (χ1) is 8.58. The SMILES string of the molecule is CC1CCC(NCc2c(Cl)cccc2[N+](=O)[O-])C1. The molecular weight excluding hydrogens is 252 g/mol. The van der Waals surface area contributed by atoms with Crippen molar-refractivity contribution < 1.29 is 4.92 Å². The molecular formula is C13H17ClN2O2. The van der Waals surface area contributed by atoms with Crippen LogP contribution in [0, 0.1) is 16.0 Å². The Bertz CT molecular complexity index is 451. The Hall–Kier alpha value is -1.13. The van der Waals surface area contributed by atoms with Crippen molar-refractivity contribution >= 4 is 17.3 Å². The van der Waals surface area contributed by atoms with E-state index >= 15 is 0 Å². The zero-order chi connectivity index (χ0) is 13.1. The van der Waals surface area contributed by atoms with Crippen LogP contribution in [0.5, 0.6) is 0 Å². The van der Waals surface area contributed by atoms with Crippen molar-refractivity contribution in [2.45, 2.75) is 38.8 Å². The first-order valence-electron chi connectivity index (χ1n) is 6.23. The summed E-state index contributed by atoms with van der Waals surface area (Å²) in [6.07, 6.45) is 3.50. The standard InChI is InChI=1S/C13H17ClN2O2/c1-9-5-6-10(7-9)15-8-11-12(14)3-2-4-13(11)16(17)18/h2-4,9-10,15H,5-8H2,1H3. The minimum absolute atomic E-state index is 0.0982. The highest BCUT2D eigenvalue weighted by Gasteiger charge is 2.22. The lowest BCUT2D eigenvalue weighted by Gasteiger charge is -2.13. The van der Waals surface area contributed by atoms with Gasteiger partial charge in [-0.05, 0) is 31.2 Å². The summed E-state index contributed by atoms with van der Waals surface area (Å²) in [5.41, 5.74) is 0.685. The number of nitrogens with one attached hydrogen (secondary N) is 1. The fourth-order valence-corrected chi connectivity index (χ4v) is 2.77. The van der Waals surface area contributed by atoms with Gasteiger partial charge in [0.25, 0.3) is 5.69 Å². The smallest absolute Gasteiger partial charge is 0.275 e. The van der Waals surface area contributed by atoms with Gasteiger partial charge in [-0.25, -0.2) is 0 Å². The topological polar surface area (TPSA) is 55.2 Å². The molecule has 1 saturated carbocycles. The summed E-state index contributed by atoms with van der Waals surface area (Å²) in [6.45, 7) is 2.70. The number of nitro groups is 1. The van der Waals surface area contributed by atoms with E-state index in [4.69, 9.17) is 11.6 Å². The molecule has 0 amide bonds. The number of nitrogens with zero attached hydrogens (tertiary/aromatic N) is 1. The molecule has 0 spiro atoms. The van der Waals surface area contributed by atoms with Crippen molar-refractivity contribution in [3.63, 3.8) is 0 Å². The molecule has 0 aromatic heterocycles. The van der Waals surface area contributed by atoms with Crippen molar-refractivity contribution in [2.75, 3.05) is 0 Å². The van der Waals surface area contributed by atoms with Gasteiger partial charge in [-0.3, -0.25) is 10.1 Å². The third-order valence-corrected chi connectivity index (χ3v) is 3.91. The van der Waals surface area contributed by atoms with E-state index in [9.17, 15) is 10.1 Å². The summed E-state index contributed by atoms with van der Waals surface area (Å²) in [6, 6.07) is 5.26. The number of hydrogen-bond acceptors (Lipinski definition) is 3. The van der Waals surface area contributed by atoms with E-state index in [1.807, 2.05) is 0 Å². The normalized spacial score (nSPS) is 23.2. The maximum atomic E-state index is 10.9. The molecule has 98 valence electrons. The van der Waals surface area contributed by atoms with Gasteiger partial charge in [0.15, 0.2) is 0 Å². The Balaban J connectivity index is 2.06. The summed E-state index contributed by atoms with van der Waals surface area (Å²) in [7, 11) is 0. The second-order valence-corrected chi connectivity index (χ2v) is 5.40. The second-order valence-electron chi connectivity index (χ2n) is 4.99. The van der Waals surface area contributed by atoms with Crippen molar-refractivity contribution in [3.05, 3.63) is 38.9 Å². The predicted octanol–water partition coefficient (Wildman–Crippen LogP) is 3.53. The molecule has 2 atom stereocenters. The first kappa shape index (κ1) is 13.3. The zero-order valence-electron chi connectivity index (χ0n) is 10.4. The molecule has 1 N–H and O–H groups in total. The molecule has 1 aromatic rings. The van der Waals surface area contributed by atoms with Crippen LogP contribution < -0.4 is 5.32 Å². The Morgan fingerprint density at radius 2 is 2.28 bits per heavy atom. The Morgan fingerprint density at radius 1 is 1.50 bits per heavy atom. The van der Waals surface area contributed by atoms with Crippen molar-refractivity contribution in [1.29, 1.82) is 0 Å². The molecule has 0 aliphatic heterocycles. The summed E-state index contributed by atoms with van der Waals surface area (Å²) in [5.74, 6) is 0.740. The highest BCUT2D eigenvalue weighted by molar-refractivity contribution is 6.31. The van der Waals surface area contributed by atoms with E-state index in [1.165, 1.54) is 12.5 Å². The van der Waals surface area contributed by atoms with E-state index in [1.54, 1.807) is 12.1 Å². The van der Waals surface area contributed by atoms with E-state index in [0.29, 0.717) is 23.2 Å². The molecule has 18 heavy (non-hydrogen) atoms. The molecule has 0 bridgehead atoms. The highest BCUT2D eigenvalue weighted by atomic mass is 35.5. The number of rotatable bonds is 4. The predicted molar refractivity (Wildman–Crippen MR) is 71.7 cm³/mol. The van der Waals surface area contributed by atoms with E-state index in [0.717, 1.165) is 18.8 Å². The first-order valence-corrected chi connectivity index (χ1v) is 6.61. The molecule has 1 aliphatic rings. The Morgan fingerprint density at radius 3 is 2.89 bits per heavy atom. The van der Waals surface area contributed by atoms with Crippen molar-refractivity contribution in [3.8, 4) is 0 Å². The van der Waals surface area contributed by atoms with Crippen LogP contribution in [0.15, 0.2) is 18.2 Å². The molecule has 0 radical (unpaired) electrons. The second kappa shape index (κ2) is 5.67. The minimum atomic E-state index is -0.375. The molecule has 0 heterocycles. The maximum absolute atomic E-state index is 10.9. The lowest BCUT2D eigenvalue weighted by Crippen LogP contribution is -2.26. The van der Waals surface area contributed by atoms with Gasteiger partial charge in [0, 0.05) is 18.7 Å². The molecule has 1 fully saturated rings. The molecule has 4 nitrogen and oxygen atoms in total. The average molecular weight is 269 g/mol. The van der Waals surface area contributed by atoms with Crippen LogP contribution in [0.3, 0.4) is 0 Å². The van der Waals surface area contributed by atoms with Gasteiger partial charge >= 0.3 is 0 Å². The van der Waals surface area contributed by atoms with Gasteiger partial charge in [0.2, 0.25) is 0 Å².